The van der Waals surface area contributed by atoms with Gasteiger partial charge >= 0.3 is 0 Å². The molecule has 0 N–H and O–H groups in total. The van der Waals surface area contributed by atoms with Crippen LogP contribution in [0.25, 0.3) is 0 Å². The van der Waals surface area contributed by atoms with E-state index < -0.39 is 0 Å². The summed E-state index contributed by atoms with van der Waals surface area (Å²) >= 11 is 0. The molecule has 1 atom stereocenters. The Bertz CT molecular complexity index is 633. The molecule has 25 heavy (non-hydrogen) atoms. The molecule has 0 aliphatic carbocycles. The summed E-state index contributed by atoms with van der Waals surface area (Å²) in [6.07, 6.45) is 5.25. The van der Waals surface area contributed by atoms with Crippen molar-refractivity contribution < 1.29 is 19.0 Å². The number of fused-ring (bicyclic) bond motifs is 1. The Morgan fingerprint density at radius 1 is 1.28 bits per heavy atom. The maximum absolute atomic E-state index is 13.1. The lowest BCUT2D eigenvalue weighted by Crippen LogP contribution is -2.51. The lowest BCUT2D eigenvalue weighted by molar-refractivity contribution is -0.142. The fourth-order valence-corrected chi connectivity index (χ4v) is 4.50. The zero-order valence-corrected chi connectivity index (χ0v) is 15.0. The normalized spacial score (nSPS) is 25.2. The van der Waals surface area contributed by atoms with Crippen LogP contribution < -0.4 is 9.47 Å². The Kier molecular flexibility index (Phi) is 4.59. The minimum absolute atomic E-state index is 0.0733. The van der Waals surface area contributed by atoms with Gasteiger partial charge in [0.25, 0.3) is 0 Å². The zero-order chi connectivity index (χ0) is 17.3. The van der Waals surface area contributed by atoms with E-state index in [1.165, 1.54) is 6.42 Å². The number of nitrogens with zero attached hydrogens (tertiary/aromatic N) is 1. The van der Waals surface area contributed by atoms with Gasteiger partial charge in [-0.05, 0) is 49.1 Å². The van der Waals surface area contributed by atoms with Crippen LogP contribution in [0, 0.1) is 11.3 Å². The van der Waals surface area contributed by atoms with Crippen molar-refractivity contribution in [3.8, 4) is 11.5 Å². The Labute approximate surface area is 149 Å². The van der Waals surface area contributed by atoms with Gasteiger partial charge in [-0.25, -0.2) is 0 Å². The number of benzene rings is 1. The number of amides is 1. The van der Waals surface area contributed by atoms with Crippen LogP contribution in [0.1, 0.15) is 31.2 Å². The highest BCUT2D eigenvalue weighted by atomic mass is 16.5. The Morgan fingerprint density at radius 3 is 2.92 bits per heavy atom. The molecular formula is C20H27NO4. The molecule has 1 spiro atoms. The molecule has 3 aliphatic rings. The Balaban J connectivity index is 1.44. The van der Waals surface area contributed by atoms with E-state index in [2.05, 4.69) is 4.90 Å². The van der Waals surface area contributed by atoms with Crippen LogP contribution in [-0.2, 0) is 16.0 Å². The van der Waals surface area contributed by atoms with Crippen molar-refractivity contribution in [2.75, 3.05) is 40.0 Å². The van der Waals surface area contributed by atoms with Crippen molar-refractivity contribution in [3.63, 3.8) is 0 Å². The van der Waals surface area contributed by atoms with E-state index in [1.807, 2.05) is 18.2 Å². The molecule has 0 unspecified atom stereocenters. The maximum Gasteiger partial charge on any atom is 0.229 e. The largest absolute Gasteiger partial charge is 0.497 e. The van der Waals surface area contributed by atoms with Crippen molar-refractivity contribution in [1.82, 2.24) is 4.90 Å². The van der Waals surface area contributed by atoms with Crippen LogP contribution in [0.4, 0.5) is 0 Å². The average molecular weight is 345 g/mol. The third-order valence-corrected chi connectivity index (χ3v) is 6.06. The minimum Gasteiger partial charge on any atom is -0.497 e. The SMILES string of the molecule is COc1ccc2c(c1)OC[C@@H](C(=O)N1CCCC3(CCOCC3)C1)C2. The second-order valence-electron chi connectivity index (χ2n) is 7.66. The summed E-state index contributed by atoms with van der Waals surface area (Å²) in [4.78, 5) is 15.2. The summed E-state index contributed by atoms with van der Waals surface area (Å²) in [6.45, 7) is 3.91. The number of methoxy groups -OCH3 is 1. The van der Waals surface area contributed by atoms with E-state index in [1.54, 1.807) is 7.11 Å². The molecule has 0 aromatic heterocycles. The lowest BCUT2D eigenvalue weighted by atomic mass is 9.73. The fraction of sp³-hybridized carbons (Fsp3) is 0.650. The van der Waals surface area contributed by atoms with Gasteiger partial charge in [0.1, 0.15) is 18.1 Å². The molecule has 4 rings (SSSR count). The number of hydrogen-bond acceptors (Lipinski definition) is 4. The molecule has 0 saturated carbocycles. The highest BCUT2D eigenvalue weighted by Gasteiger charge is 2.40. The van der Waals surface area contributed by atoms with Crippen molar-refractivity contribution >= 4 is 5.91 Å². The smallest absolute Gasteiger partial charge is 0.229 e. The first-order valence-corrected chi connectivity index (χ1v) is 9.35. The summed E-state index contributed by atoms with van der Waals surface area (Å²) < 4.78 is 16.7. The molecule has 5 nitrogen and oxygen atoms in total. The van der Waals surface area contributed by atoms with Gasteiger partial charge in [-0.3, -0.25) is 4.79 Å². The Hall–Kier alpha value is -1.75. The van der Waals surface area contributed by atoms with Gasteiger partial charge in [0.05, 0.1) is 13.0 Å². The molecule has 1 aromatic rings. The van der Waals surface area contributed by atoms with Crippen molar-refractivity contribution in [2.24, 2.45) is 11.3 Å². The molecule has 1 aromatic carbocycles. The van der Waals surface area contributed by atoms with E-state index in [-0.39, 0.29) is 17.2 Å². The van der Waals surface area contributed by atoms with E-state index in [9.17, 15) is 4.79 Å². The molecule has 2 saturated heterocycles. The van der Waals surface area contributed by atoms with Gasteiger partial charge in [-0.2, -0.15) is 0 Å². The van der Waals surface area contributed by atoms with Crippen molar-refractivity contribution in [3.05, 3.63) is 23.8 Å². The maximum atomic E-state index is 13.1. The van der Waals surface area contributed by atoms with E-state index >= 15 is 0 Å². The summed E-state index contributed by atoms with van der Waals surface area (Å²) in [7, 11) is 1.65. The van der Waals surface area contributed by atoms with Gasteiger partial charge in [-0.1, -0.05) is 6.07 Å². The molecule has 5 heteroatoms. The highest BCUT2D eigenvalue weighted by Crippen LogP contribution is 2.40. The summed E-state index contributed by atoms with van der Waals surface area (Å²) in [5.74, 6) is 1.83. The predicted octanol–water partition coefficient (Wildman–Crippen LogP) is 2.67. The molecule has 136 valence electrons. The van der Waals surface area contributed by atoms with E-state index in [4.69, 9.17) is 14.2 Å². The Morgan fingerprint density at radius 2 is 2.12 bits per heavy atom. The molecule has 3 heterocycles. The summed E-state index contributed by atoms with van der Waals surface area (Å²) in [6, 6.07) is 5.87. The van der Waals surface area contributed by atoms with Gasteiger partial charge in [0.2, 0.25) is 5.91 Å². The average Bonchev–Trinajstić information content (AvgIpc) is 2.67. The molecule has 0 radical (unpaired) electrons. The summed E-state index contributed by atoms with van der Waals surface area (Å²) in [5.41, 5.74) is 1.38. The molecule has 0 bridgehead atoms. The van der Waals surface area contributed by atoms with Crippen LogP contribution in [0.5, 0.6) is 11.5 Å². The molecule has 2 fully saturated rings. The van der Waals surface area contributed by atoms with Crippen LogP contribution in [0.3, 0.4) is 0 Å². The number of ether oxygens (including phenoxy) is 3. The predicted molar refractivity (Wildman–Crippen MR) is 94.0 cm³/mol. The second kappa shape index (κ2) is 6.87. The van der Waals surface area contributed by atoms with Gasteiger partial charge in [-0.15, -0.1) is 0 Å². The number of carbonyl (C=O) groups excluding carboxylic acids is 1. The standard InChI is InChI=1S/C20H27NO4/c1-23-17-4-3-15-11-16(13-25-18(15)12-17)19(22)21-8-2-5-20(14-21)6-9-24-10-7-20/h3-4,12,16H,2,5-11,13-14H2,1H3/t16-/m0/s1. The topological polar surface area (TPSA) is 48.0 Å². The van der Waals surface area contributed by atoms with Crippen LogP contribution in [0.2, 0.25) is 0 Å². The zero-order valence-electron chi connectivity index (χ0n) is 15.0. The van der Waals surface area contributed by atoms with Crippen LogP contribution >= 0.6 is 0 Å². The first kappa shape index (κ1) is 16.7. The molecule has 3 aliphatic heterocycles. The second-order valence-corrected chi connectivity index (χ2v) is 7.66. The van der Waals surface area contributed by atoms with Crippen LogP contribution in [-0.4, -0.2) is 50.8 Å². The number of rotatable bonds is 2. The number of likely N-dealkylation sites (tertiary alicyclic amines) is 1. The summed E-state index contributed by atoms with van der Waals surface area (Å²) in [5, 5.41) is 0. The third kappa shape index (κ3) is 3.34. The van der Waals surface area contributed by atoms with Crippen molar-refractivity contribution in [2.45, 2.75) is 32.1 Å². The monoisotopic (exact) mass is 345 g/mol. The quantitative estimate of drug-likeness (QED) is 0.827. The van der Waals surface area contributed by atoms with E-state index in [0.29, 0.717) is 6.61 Å². The number of carbonyl (C=O) groups is 1. The minimum atomic E-state index is -0.0733. The molecule has 1 amide bonds. The molecular weight excluding hydrogens is 318 g/mol. The number of hydrogen-bond donors (Lipinski definition) is 0. The lowest BCUT2D eigenvalue weighted by Gasteiger charge is -2.46. The van der Waals surface area contributed by atoms with Gasteiger partial charge in [0.15, 0.2) is 0 Å². The van der Waals surface area contributed by atoms with Crippen molar-refractivity contribution in [1.29, 1.82) is 0 Å². The first-order valence-electron chi connectivity index (χ1n) is 9.35. The van der Waals surface area contributed by atoms with Gasteiger partial charge < -0.3 is 19.1 Å². The fourth-order valence-electron chi connectivity index (χ4n) is 4.50. The van der Waals surface area contributed by atoms with Gasteiger partial charge in [0, 0.05) is 32.4 Å². The van der Waals surface area contributed by atoms with E-state index in [0.717, 1.165) is 69.0 Å². The third-order valence-electron chi connectivity index (χ3n) is 6.06. The highest BCUT2D eigenvalue weighted by molar-refractivity contribution is 5.80. The first-order chi connectivity index (χ1) is 12.2. The number of piperidine rings is 1. The van der Waals surface area contributed by atoms with Crippen LogP contribution in [0.15, 0.2) is 18.2 Å².